The third-order valence-electron chi connectivity index (χ3n) is 3.78. The molecule has 0 saturated heterocycles. The monoisotopic (exact) mass is 389 g/mol. The highest BCUT2D eigenvalue weighted by molar-refractivity contribution is 8.00. The number of aromatic nitrogens is 2. The van der Waals surface area contributed by atoms with Gasteiger partial charge in [-0.15, -0.1) is 0 Å². The summed E-state index contributed by atoms with van der Waals surface area (Å²) < 4.78 is 33.4. The number of amides is 1. The van der Waals surface area contributed by atoms with Gasteiger partial charge in [-0.1, -0.05) is 17.8 Å². The summed E-state index contributed by atoms with van der Waals surface area (Å²) in [5.74, 6) is -1.61. The Morgan fingerprint density at radius 1 is 1.22 bits per heavy atom. The molecular weight excluding hydrogens is 372 g/mol. The fourth-order valence-electron chi connectivity index (χ4n) is 2.36. The van der Waals surface area contributed by atoms with E-state index >= 15 is 0 Å². The number of carbonyl (C=O) groups is 1. The molecule has 0 saturated carbocycles. The van der Waals surface area contributed by atoms with E-state index in [1.807, 2.05) is 28.8 Å². The second-order valence-electron chi connectivity index (χ2n) is 5.66. The molecule has 8 heteroatoms. The van der Waals surface area contributed by atoms with Crippen LogP contribution in [0.5, 0.6) is 5.75 Å². The second kappa shape index (κ2) is 8.22. The highest BCUT2D eigenvalue weighted by atomic mass is 32.2. The summed E-state index contributed by atoms with van der Waals surface area (Å²) in [6.07, 6.45) is 3.43. The first-order valence-corrected chi connectivity index (χ1v) is 8.96. The van der Waals surface area contributed by atoms with Gasteiger partial charge in [0, 0.05) is 30.2 Å². The van der Waals surface area contributed by atoms with Crippen LogP contribution in [0.3, 0.4) is 0 Å². The fraction of sp³-hybridized carbons (Fsp3) is 0.158. The minimum absolute atomic E-state index is 0.197. The van der Waals surface area contributed by atoms with Crippen LogP contribution in [0.1, 0.15) is 6.92 Å². The molecule has 2 aromatic carbocycles. The van der Waals surface area contributed by atoms with E-state index in [9.17, 15) is 13.6 Å². The van der Waals surface area contributed by atoms with Crippen LogP contribution in [-0.2, 0) is 4.79 Å². The number of thioether (sulfide) groups is 1. The lowest BCUT2D eigenvalue weighted by atomic mass is 10.3. The molecule has 1 N–H and O–H groups in total. The van der Waals surface area contributed by atoms with Gasteiger partial charge in [0.2, 0.25) is 5.91 Å². The van der Waals surface area contributed by atoms with E-state index in [1.165, 1.54) is 17.8 Å². The summed E-state index contributed by atoms with van der Waals surface area (Å²) in [5.41, 5.74) is 1.05. The molecule has 0 bridgehead atoms. The Morgan fingerprint density at radius 2 is 2.04 bits per heavy atom. The molecule has 0 aliphatic heterocycles. The number of hydrogen-bond acceptors (Lipinski definition) is 4. The molecule has 1 unspecified atom stereocenters. The molecule has 0 aliphatic carbocycles. The van der Waals surface area contributed by atoms with Crippen LogP contribution in [0.4, 0.5) is 14.5 Å². The number of nitrogens with zero attached hydrogens (tertiary/aromatic N) is 2. The molecule has 5 nitrogen and oxygen atoms in total. The number of rotatable bonds is 6. The zero-order valence-corrected chi connectivity index (χ0v) is 15.5. The van der Waals surface area contributed by atoms with Crippen LogP contribution in [0, 0.1) is 11.6 Å². The molecule has 3 aromatic rings. The highest BCUT2D eigenvalue weighted by Gasteiger charge is 2.18. The van der Waals surface area contributed by atoms with Gasteiger partial charge in [-0.3, -0.25) is 9.36 Å². The number of benzene rings is 2. The summed E-state index contributed by atoms with van der Waals surface area (Å²) in [7, 11) is 1.59. The van der Waals surface area contributed by atoms with Crippen LogP contribution < -0.4 is 10.1 Å². The van der Waals surface area contributed by atoms with Crippen molar-refractivity contribution in [3.63, 3.8) is 0 Å². The van der Waals surface area contributed by atoms with E-state index in [2.05, 4.69) is 10.3 Å². The molecule has 1 atom stereocenters. The quantitative estimate of drug-likeness (QED) is 0.640. The Hall–Kier alpha value is -2.87. The van der Waals surface area contributed by atoms with Gasteiger partial charge in [0.1, 0.15) is 5.75 Å². The van der Waals surface area contributed by atoms with Crippen LogP contribution in [0.15, 0.2) is 60.0 Å². The van der Waals surface area contributed by atoms with Crippen molar-refractivity contribution < 1.29 is 18.3 Å². The zero-order chi connectivity index (χ0) is 19.4. The standard InChI is InChI=1S/C19H17F2N3O2S/c1-12(18(25)23-13-6-7-16(20)17(21)10-13)27-19-22-8-9-24(19)14-4-3-5-15(11-14)26-2/h3-12H,1-2H3,(H,23,25). The lowest BCUT2D eigenvalue weighted by Gasteiger charge is -2.13. The van der Waals surface area contributed by atoms with Crippen LogP contribution in [-0.4, -0.2) is 27.8 Å². The largest absolute Gasteiger partial charge is 0.497 e. The number of halogens is 2. The van der Waals surface area contributed by atoms with Gasteiger partial charge < -0.3 is 10.1 Å². The van der Waals surface area contributed by atoms with Crippen molar-refractivity contribution in [2.75, 3.05) is 12.4 Å². The number of hydrogen-bond donors (Lipinski definition) is 1. The third-order valence-corrected chi connectivity index (χ3v) is 4.86. The fourth-order valence-corrected chi connectivity index (χ4v) is 3.25. The topological polar surface area (TPSA) is 56.2 Å². The van der Waals surface area contributed by atoms with Gasteiger partial charge >= 0.3 is 0 Å². The van der Waals surface area contributed by atoms with Crippen molar-refractivity contribution in [3.05, 3.63) is 66.5 Å². The summed E-state index contributed by atoms with van der Waals surface area (Å²) in [6, 6.07) is 10.7. The average Bonchev–Trinajstić information content (AvgIpc) is 3.12. The number of methoxy groups -OCH3 is 1. The SMILES string of the molecule is COc1cccc(-n2ccnc2SC(C)C(=O)Nc2ccc(F)c(F)c2)c1. The summed E-state index contributed by atoms with van der Waals surface area (Å²) in [4.78, 5) is 16.7. The van der Waals surface area contributed by atoms with Gasteiger partial charge in [0.25, 0.3) is 0 Å². The van der Waals surface area contributed by atoms with Crippen molar-refractivity contribution in [1.29, 1.82) is 0 Å². The molecule has 0 radical (unpaired) electrons. The highest BCUT2D eigenvalue weighted by Crippen LogP contribution is 2.27. The first kappa shape index (κ1) is 18.9. The molecule has 1 aromatic heterocycles. The molecule has 1 heterocycles. The maximum Gasteiger partial charge on any atom is 0.237 e. The Labute approximate surface area is 159 Å². The number of carbonyl (C=O) groups excluding carboxylic acids is 1. The number of imidazole rings is 1. The normalized spacial score (nSPS) is 11.9. The number of nitrogens with one attached hydrogen (secondary N) is 1. The second-order valence-corrected chi connectivity index (χ2v) is 6.97. The maximum absolute atomic E-state index is 13.3. The van der Waals surface area contributed by atoms with Gasteiger partial charge in [0.05, 0.1) is 18.0 Å². The van der Waals surface area contributed by atoms with Gasteiger partial charge in [-0.2, -0.15) is 0 Å². The lowest BCUT2D eigenvalue weighted by molar-refractivity contribution is -0.115. The molecule has 0 aliphatic rings. The van der Waals surface area contributed by atoms with Crippen molar-refractivity contribution in [2.45, 2.75) is 17.3 Å². The van der Waals surface area contributed by atoms with E-state index < -0.39 is 16.9 Å². The Morgan fingerprint density at radius 3 is 2.78 bits per heavy atom. The van der Waals surface area contributed by atoms with E-state index in [0.717, 1.165) is 17.8 Å². The molecular formula is C19H17F2N3O2S. The Balaban J connectivity index is 1.72. The van der Waals surface area contributed by atoms with Crippen molar-refractivity contribution in [1.82, 2.24) is 9.55 Å². The van der Waals surface area contributed by atoms with E-state index in [1.54, 1.807) is 26.4 Å². The van der Waals surface area contributed by atoms with Crippen molar-refractivity contribution >= 4 is 23.4 Å². The molecule has 0 spiro atoms. The summed E-state index contributed by atoms with van der Waals surface area (Å²) in [6.45, 7) is 1.71. The van der Waals surface area contributed by atoms with Gasteiger partial charge in [0.15, 0.2) is 16.8 Å². The van der Waals surface area contributed by atoms with E-state index in [-0.39, 0.29) is 11.6 Å². The van der Waals surface area contributed by atoms with Crippen LogP contribution in [0.2, 0.25) is 0 Å². The minimum Gasteiger partial charge on any atom is -0.497 e. The van der Waals surface area contributed by atoms with Crippen molar-refractivity contribution in [3.8, 4) is 11.4 Å². The first-order chi connectivity index (χ1) is 13.0. The molecule has 140 valence electrons. The average molecular weight is 389 g/mol. The van der Waals surface area contributed by atoms with Gasteiger partial charge in [-0.25, -0.2) is 13.8 Å². The van der Waals surface area contributed by atoms with Gasteiger partial charge in [-0.05, 0) is 31.2 Å². The summed E-state index contributed by atoms with van der Waals surface area (Å²) in [5, 5.41) is 2.69. The molecule has 0 fully saturated rings. The van der Waals surface area contributed by atoms with E-state index in [0.29, 0.717) is 10.9 Å². The number of ether oxygens (including phenoxy) is 1. The predicted molar refractivity (Wildman–Crippen MR) is 100 cm³/mol. The Bertz CT molecular complexity index is 962. The predicted octanol–water partition coefficient (Wildman–Crippen LogP) is 4.28. The minimum atomic E-state index is -1.01. The van der Waals surface area contributed by atoms with Crippen LogP contribution in [0.25, 0.3) is 5.69 Å². The maximum atomic E-state index is 13.3. The van der Waals surface area contributed by atoms with E-state index in [4.69, 9.17) is 4.74 Å². The first-order valence-electron chi connectivity index (χ1n) is 8.08. The smallest absolute Gasteiger partial charge is 0.237 e. The molecule has 3 rings (SSSR count). The number of anilines is 1. The lowest BCUT2D eigenvalue weighted by Crippen LogP contribution is -2.23. The Kier molecular flexibility index (Phi) is 5.75. The summed E-state index contributed by atoms with van der Waals surface area (Å²) >= 11 is 1.25. The third kappa shape index (κ3) is 4.46. The zero-order valence-electron chi connectivity index (χ0n) is 14.6. The molecule has 1 amide bonds. The van der Waals surface area contributed by atoms with Crippen molar-refractivity contribution in [2.24, 2.45) is 0 Å². The molecule has 27 heavy (non-hydrogen) atoms. The van der Waals surface area contributed by atoms with Crippen LogP contribution >= 0.6 is 11.8 Å².